The van der Waals surface area contributed by atoms with Gasteiger partial charge in [0.1, 0.15) is 5.82 Å². The van der Waals surface area contributed by atoms with Crippen LogP contribution in [0.3, 0.4) is 0 Å². The molecule has 3 aromatic rings. The molecule has 0 aliphatic carbocycles. The van der Waals surface area contributed by atoms with Crippen molar-refractivity contribution in [3.05, 3.63) is 64.8 Å². The Bertz CT molecular complexity index is 1040. The summed E-state index contributed by atoms with van der Waals surface area (Å²) >= 11 is 0. The molecule has 1 N–H and O–H groups in total. The summed E-state index contributed by atoms with van der Waals surface area (Å²) in [6, 6.07) is 12.3. The van der Waals surface area contributed by atoms with Crippen molar-refractivity contribution in [2.45, 2.75) is 20.8 Å². The topological polar surface area (TPSA) is 54.5 Å². The summed E-state index contributed by atoms with van der Waals surface area (Å²) in [5.74, 6) is 0.791. The van der Waals surface area contributed by atoms with Gasteiger partial charge in [0.2, 0.25) is 0 Å². The van der Waals surface area contributed by atoms with Gasteiger partial charge in [-0.3, -0.25) is 4.79 Å². The van der Waals surface area contributed by atoms with Gasteiger partial charge in [0.05, 0.1) is 18.8 Å². The maximum Gasteiger partial charge on any atom is 0.256 e. The van der Waals surface area contributed by atoms with Crippen molar-refractivity contribution in [3.8, 4) is 0 Å². The lowest BCUT2D eigenvalue weighted by atomic mass is 10.0. The molecule has 0 radical (unpaired) electrons. The molecule has 4 rings (SSSR count). The number of anilines is 2. The minimum absolute atomic E-state index is 0.0217. The van der Waals surface area contributed by atoms with E-state index in [0.717, 1.165) is 27.8 Å². The van der Waals surface area contributed by atoms with Crippen molar-refractivity contribution in [1.29, 1.82) is 0 Å². The normalized spacial score (nSPS) is 14.3. The summed E-state index contributed by atoms with van der Waals surface area (Å²) < 4.78 is 5.38. The number of nitrogens with one attached hydrogen (secondary N) is 1. The van der Waals surface area contributed by atoms with Crippen LogP contribution in [-0.4, -0.2) is 42.1 Å². The Balaban J connectivity index is 1.79. The molecule has 144 valence electrons. The van der Waals surface area contributed by atoms with Crippen LogP contribution in [0.2, 0.25) is 0 Å². The molecule has 1 fully saturated rings. The van der Waals surface area contributed by atoms with E-state index in [9.17, 15) is 4.79 Å². The summed E-state index contributed by atoms with van der Waals surface area (Å²) in [4.78, 5) is 19.6. The number of fused-ring (bicyclic) bond motifs is 1. The van der Waals surface area contributed by atoms with Gasteiger partial charge < -0.3 is 15.0 Å². The largest absolute Gasteiger partial charge is 0.378 e. The van der Waals surface area contributed by atoms with Crippen LogP contribution >= 0.6 is 0 Å². The SMILES string of the molecule is Cc1cccc(Nc2ncc(C(=O)N3CCOCC3)c3c(C)cccc23)c1C. The zero-order valence-corrected chi connectivity index (χ0v) is 16.6. The summed E-state index contributed by atoms with van der Waals surface area (Å²) in [6.45, 7) is 8.65. The number of aryl methyl sites for hydroxylation is 2. The highest BCUT2D eigenvalue weighted by atomic mass is 16.5. The fourth-order valence-electron chi connectivity index (χ4n) is 3.70. The minimum Gasteiger partial charge on any atom is -0.378 e. The molecule has 0 unspecified atom stereocenters. The fraction of sp³-hybridized carbons (Fsp3) is 0.304. The quantitative estimate of drug-likeness (QED) is 0.738. The molecule has 0 spiro atoms. The van der Waals surface area contributed by atoms with Gasteiger partial charge in [-0.15, -0.1) is 0 Å². The molecule has 1 aliphatic rings. The van der Waals surface area contributed by atoms with E-state index in [4.69, 9.17) is 4.74 Å². The predicted molar refractivity (Wildman–Crippen MR) is 112 cm³/mol. The van der Waals surface area contributed by atoms with Gasteiger partial charge in [0, 0.05) is 35.7 Å². The van der Waals surface area contributed by atoms with E-state index in [1.807, 2.05) is 36.1 Å². The molecule has 1 aliphatic heterocycles. The maximum atomic E-state index is 13.1. The third kappa shape index (κ3) is 3.34. The number of ether oxygens (including phenoxy) is 1. The van der Waals surface area contributed by atoms with Crippen LogP contribution in [0.5, 0.6) is 0 Å². The van der Waals surface area contributed by atoms with E-state index in [0.29, 0.717) is 31.9 Å². The van der Waals surface area contributed by atoms with E-state index < -0.39 is 0 Å². The van der Waals surface area contributed by atoms with Gasteiger partial charge in [-0.2, -0.15) is 0 Å². The highest BCUT2D eigenvalue weighted by molar-refractivity contribution is 6.10. The predicted octanol–water partition coefficient (Wildman–Crippen LogP) is 4.38. The smallest absolute Gasteiger partial charge is 0.256 e. The van der Waals surface area contributed by atoms with Crippen LogP contribution in [0.15, 0.2) is 42.6 Å². The summed E-state index contributed by atoms with van der Waals surface area (Å²) in [6.07, 6.45) is 1.71. The van der Waals surface area contributed by atoms with Crippen LogP contribution in [-0.2, 0) is 4.74 Å². The number of benzene rings is 2. The average molecular weight is 375 g/mol. The molecule has 5 heteroatoms. The zero-order valence-electron chi connectivity index (χ0n) is 16.6. The fourth-order valence-corrected chi connectivity index (χ4v) is 3.70. The van der Waals surface area contributed by atoms with Gasteiger partial charge in [0.25, 0.3) is 5.91 Å². The van der Waals surface area contributed by atoms with Crippen molar-refractivity contribution in [3.63, 3.8) is 0 Å². The summed E-state index contributed by atoms with van der Waals surface area (Å²) in [5.41, 5.74) is 5.17. The van der Waals surface area contributed by atoms with Gasteiger partial charge in [-0.1, -0.05) is 30.3 Å². The molecule has 2 aromatic carbocycles. The highest BCUT2D eigenvalue weighted by Crippen LogP contribution is 2.31. The monoisotopic (exact) mass is 375 g/mol. The molecule has 0 atom stereocenters. The molecule has 5 nitrogen and oxygen atoms in total. The van der Waals surface area contributed by atoms with Gasteiger partial charge in [0.15, 0.2) is 0 Å². The van der Waals surface area contributed by atoms with E-state index in [1.54, 1.807) is 6.20 Å². The molecule has 1 amide bonds. The molecular weight excluding hydrogens is 350 g/mol. The molecule has 0 bridgehead atoms. The number of pyridine rings is 1. The second kappa shape index (κ2) is 7.60. The molecule has 28 heavy (non-hydrogen) atoms. The van der Waals surface area contributed by atoms with Crippen LogP contribution in [0.25, 0.3) is 10.8 Å². The zero-order chi connectivity index (χ0) is 19.7. The van der Waals surface area contributed by atoms with Crippen molar-refractivity contribution >= 4 is 28.2 Å². The Morgan fingerprint density at radius 3 is 2.54 bits per heavy atom. The van der Waals surface area contributed by atoms with Gasteiger partial charge in [-0.25, -0.2) is 4.98 Å². The number of rotatable bonds is 3. The lowest BCUT2D eigenvalue weighted by Gasteiger charge is -2.27. The van der Waals surface area contributed by atoms with Crippen LogP contribution in [0.4, 0.5) is 11.5 Å². The van der Waals surface area contributed by atoms with Gasteiger partial charge in [-0.05, 0) is 43.5 Å². The molecule has 2 heterocycles. The Labute approximate surface area is 165 Å². The summed E-state index contributed by atoms with van der Waals surface area (Å²) in [7, 11) is 0. The van der Waals surface area contributed by atoms with E-state index >= 15 is 0 Å². The van der Waals surface area contributed by atoms with Crippen molar-refractivity contribution < 1.29 is 9.53 Å². The number of morpholine rings is 1. The number of hydrogen-bond acceptors (Lipinski definition) is 4. The number of nitrogens with zero attached hydrogens (tertiary/aromatic N) is 2. The molecule has 0 saturated carbocycles. The molecule has 1 saturated heterocycles. The van der Waals surface area contributed by atoms with Crippen LogP contribution in [0.1, 0.15) is 27.0 Å². The number of aromatic nitrogens is 1. The van der Waals surface area contributed by atoms with E-state index in [2.05, 4.69) is 36.3 Å². The van der Waals surface area contributed by atoms with Crippen molar-refractivity contribution in [2.75, 3.05) is 31.6 Å². The highest BCUT2D eigenvalue weighted by Gasteiger charge is 2.22. The van der Waals surface area contributed by atoms with E-state index in [-0.39, 0.29) is 5.91 Å². The first-order chi connectivity index (χ1) is 13.6. The van der Waals surface area contributed by atoms with Gasteiger partial charge >= 0.3 is 0 Å². The first kappa shape index (κ1) is 18.4. The Hall–Kier alpha value is -2.92. The minimum atomic E-state index is 0.0217. The molecular formula is C23H25N3O2. The first-order valence-corrected chi connectivity index (χ1v) is 9.65. The van der Waals surface area contributed by atoms with Crippen molar-refractivity contribution in [2.24, 2.45) is 0 Å². The Morgan fingerprint density at radius 1 is 1.04 bits per heavy atom. The lowest BCUT2D eigenvalue weighted by molar-refractivity contribution is 0.0304. The Kier molecular flexibility index (Phi) is 5.01. The van der Waals surface area contributed by atoms with Crippen LogP contribution in [0, 0.1) is 20.8 Å². The van der Waals surface area contributed by atoms with E-state index in [1.165, 1.54) is 11.1 Å². The number of amides is 1. The second-order valence-electron chi connectivity index (χ2n) is 7.29. The standard InChI is InChI=1S/C23H25N3O2/c1-15-6-5-9-20(17(15)3)25-22-18-8-4-7-16(2)21(18)19(14-24-22)23(27)26-10-12-28-13-11-26/h4-9,14H,10-13H2,1-3H3,(H,24,25). The second-order valence-corrected chi connectivity index (χ2v) is 7.29. The van der Waals surface area contributed by atoms with Crippen molar-refractivity contribution in [1.82, 2.24) is 9.88 Å². The number of carbonyl (C=O) groups excluding carboxylic acids is 1. The first-order valence-electron chi connectivity index (χ1n) is 9.65. The third-order valence-electron chi connectivity index (χ3n) is 5.51. The Morgan fingerprint density at radius 2 is 1.75 bits per heavy atom. The molecule has 1 aromatic heterocycles. The maximum absolute atomic E-state index is 13.1. The third-order valence-corrected chi connectivity index (χ3v) is 5.51. The average Bonchev–Trinajstić information content (AvgIpc) is 2.72. The number of hydrogen-bond donors (Lipinski definition) is 1. The summed E-state index contributed by atoms with van der Waals surface area (Å²) in [5, 5.41) is 5.39. The lowest BCUT2D eigenvalue weighted by Crippen LogP contribution is -2.40. The van der Waals surface area contributed by atoms with Crippen LogP contribution < -0.4 is 5.32 Å². The number of carbonyl (C=O) groups is 1.